The first-order valence-corrected chi connectivity index (χ1v) is 9.52. The van der Waals surface area contributed by atoms with Gasteiger partial charge in [-0.25, -0.2) is 4.99 Å². The second kappa shape index (κ2) is 10.6. The van der Waals surface area contributed by atoms with Crippen molar-refractivity contribution in [2.45, 2.75) is 25.4 Å². The van der Waals surface area contributed by atoms with Gasteiger partial charge in [-0.15, -0.1) is 24.0 Å². The van der Waals surface area contributed by atoms with E-state index in [1.807, 2.05) is 24.3 Å². The molecule has 1 N–H and O–H groups in total. The number of guanidine groups is 1. The fourth-order valence-corrected chi connectivity index (χ4v) is 2.99. The van der Waals surface area contributed by atoms with Crippen LogP contribution in [0.1, 0.15) is 24.0 Å². The Kier molecular flexibility index (Phi) is 8.51. The van der Waals surface area contributed by atoms with E-state index in [4.69, 9.17) is 5.26 Å². The van der Waals surface area contributed by atoms with E-state index in [1.54, 1.807) is 19.0 Å². The Hall–Kier alpha value is -1.86. The summed E-state index contributed by atoms with van der Waals surface area (Å²) in [4.78, 5) is 22.7. The molecular formula is C20H29IN6O. The van der Waals surface area contributed by atoms with Crippen LogP contribution in [0.5, 0.6) is 0 Å². The minimum absolute atomic E-state index is 0. The molecule has 1 aliphatic carbocycles. The van der Waals surface area contributed by atoms with Crippen LogP contribution in [-0.2, 0) is 11.3 Å². The molecule has 1 aliphatic heterocycles. The molecule has 0 spiro atoms. The summed E-state index contributed by atoms with van der Waals surface area (Å²) in [6.45, 7) is 4.77. The number of likely N-dealkylation sites (N-methyl/N-ethyl adjacent to an activating group) is 1. The second-order valence-electron chi connectivity index (χ2n) is 7.42. The van der Waals surface area contributed by atoms with E-state index in [1.165, 1.54) is 18.4 Å². The van der Waals surface area contributed by atoms with Crippen molar-refractivity contribution < 1.29 is 4.79 Å². The van der Waals surface area contributed by atoms with Crippen molar-refractivity contribution in [1.29, 1.82) is 5.26 Å². The molecule has 0 bridgehead atoms. The maximum absolute atomic E-state index is 11.9. The summed E-state index contributed by atoms with van der Waals surface area (Å²) in [6, 6.07) is 10.5. The van der Waals surface area contributed by atoms with Crippen molar-refractivity contribution in [2.75, 3.05) is 46.8 Å². The highest BCUT2D eigenvalue weighted by atomic mass is 127. The molecule has 0 radical (unpaired) electrons. The van der Waals surface area contributed by atoms with Crippen molar-refractivity contribution >= 4 is 35.8 Å². The summed E-state index contributed by atoms with van der Waals surface area (Å²) in [6.07, 6.45) is 2.36. The van der Waals surface area contributed by atoms with Crippen molar-refractivity contribution in [1.82, 2.24) is 20.0 Å². The first kappa shape index (κ1) is 22.4. The summed E-state index contributed by atoms with van der Waals surface area (Å²) < 4.78 is 0. The SMILES string of the molecule is CN(C)C(=O)CN=C(NC1CC1)N1CCN(Cc2ccc(C#N)cc2)CC1.I. The molecule has 8 heteroatoms. The number of nitriles is 1. The molecule has 7 nitrogen and oxygen atoms in total. The largest absolute Gasteiger partial charge is 0.353 e. The normalized spacial score (nSPS) is 17.5. The minimum atomic E-state index is 0. The molecule has 28 heavy (non-hydrogen) atoms. The van der Waals surface area contributed by atoms with Gasteiger partial charge in [-0.3, -0.25) is 9.69 Å². The van der Waals surface area contributed by atoms with Crippen molar-refractivity contribution in [3.63, 3.8) is 0 Å². The van der Waals surface area contributed by atoms with Crippen LogP contribution in [-0.4, -0.2) is 79.4 Å². The molecule has 0 unspecified atom stereocenters. The number of aliphatic imine (C=N–C) groups is 1. The summed E-state index contributed by atoms with van der Waals surface area (Å²) in [7, 11) is 3.52. The molecule has 0 aromatic heterocycles. The number of piperazine rings is 1. The molecule has 1 amide bonds. The lowest BCUT2D eigenvalue weighted by molar-refractivity contribution is -0.127. The predicted molar refractivity (Wildman–Crippen MR) is 121 cm³/mol. The van der Waals surface area contributed by atoms with E-state index in [0.29, 0.717) is 11.6 Å². The standard InChI is InChI=1S/C20H28N6O.HI/c1-24(2)19(27)14-22-20(23-18-7-8-18)26-11-9-25(10-12-26)15-17-5-3-16(13-21)4-6-17;/h3-6,18H,7-12,14-15H2,1-2H3,(H,22,23);1H. The Labute approximate surface area is 184 Å². The average molecular weight is 496 g/mol. The molecular weight excluding hydrogens is 467 g/mol. The fourth-order valence-electron chi connectivity index (χ4n) is 2.99. The second-order valence-corrected chi connectivity index (χ2v) is 7.42. The number of nitrogens with one attached hydrogen (secondary N) is 1. The van der Waals surface area contributed by atoms with Crippen LogP contribution in [0.15, 0.2) is 29.3 Å². The van der Waals surface area contributed by atoms with Crippen LogP contribution in [0.25, 0.3) is 0 Å². The molecule has 1 aromatic rings. The summed E-state index contributed by atoms with van der Waals surface area (Å²) in [5, 5.41) is 12.4. The lowest BCUT2D eigenvalue weighted by Crippen LogP contribution is -2.52. The zero-order chi connectivity index (χ0) is 19.2. The average Bonchev–Trinajstić information content (AvgIpc) is 3.50. The van der Waals surface area contributed by atoms with Crippen LogP contribution >= 0.6 is 24.0 Å². The Morgan fingerprint density at radius 1 is 1.21 bits per heavy atom. The Bertz CT molecular complexity index is 715. The van der Waals surface area contributed by atoms with Crippen LogP contribution in [0, 0.1) is 11.3 Å². The van der Waals surface area contributed by atoms with E-state index in [9.17, 15) is 4.79 Å². The van der Waals surface area contributed by atoms with Crippen LogP contribution < -0.4 is 5.32 Å². The van der Waals surface area contributed by atoms with Gasteiger partial charge in [-0.05, 0) is 30.5 Å². The maximum Gasteiger partial charge on any atom is 0.243 e. The first-order valence-electron chi connectivity index (χ1n) is 9.52. The highest BCUT2D eigenvalue weighted by Gasteiger charge is 2.27. The molecule has 1 heterocycles. The van der Waals surface area contributed by atoms with Crippen molar-refractivity contribution in [3.8, 4) is 6.07 Å². The Morgan fingerprint density at radius 2 is 1.86 bits per heavy atom. The van der Waals surface area contributed by atoms with Gasteiger partial charge in [0, 0.05) is 52.9 Å². The van der Waals surface area contributed by atoms with Crippen LogP contribution in [0.4, 0.5) is 0 Å². The van der Waals surface area contributed by atoms with Gasteiger partial charge >= 0.3 is 0 Å². The third kappa shape index (κ3) is 6.63. The smallest absolute Gasteiger partial charge is 0.243 e. The van der Waals surface area contributed by atoms with Gasteiger partial charge in [0.05, 0.1) is 11.6 Å². The zero-order valence-corrected chi connectivity index (χ0v) is 18.9. The predicted octanol–water partition coefficient (Wildman–Crippen LogP) is 1.49. The van der Waals surface area contributed by atoms with Gasteiger partial charge < -0.3 is 15.1 Å². The van der Waals surface area contributed by atoms with Crippen LogP contribution in [0.3, 0.4) is 0 Å². The first-order chi connectivity index (χ1) is 13.0. The summed E-state index contributed by atoms with van der Waals surface area (Å²) in [5.74, 6) is 0.885. The number of hydrogen-bond donors (Lipinski definition) is 1. The van der Waals surface area contributed by atoms with E-state index in [0.717, 1.165) is 38.7 Å². The Morgan fingerprint density at radius 3 is 2.39 bits per heavy atom. The number of amides is 1. The number of carbonyl (C=O) groups is 1. The van der Waals surface area contributed by atoms with E-state index in [2.05, 4.69) is 26.2 Å². The number of halogens is 1. The third-order valence-corrected chi connectivity index (χ3v) is 4.93. The van der Waals surface area contributed by atoms with E-state index < -0.39 is 0 Å². The van der Waals surface area contributed by atoms with Gasteiger partial charge in [0.25, 0.3) is 0 Å². The zero-order valence-electron chi connectivity index (χ0n) is 16.6. The lowest BCUT2D eigenvalue weighted by atomic mass is 10.1. The monoisotopic (exact) mass is 496 g/mol. The highest BCUT2D eigenvalue weighted by molar-refractivity contribution is 14.0. The molecule has 1 saturated carbocycles. The molecule has 1 saturated heterocycles. The molecule has 0 atom stereocenters. The molecule has 3 rings (SSSR count). The number of carbonyl (C=O) groups excluding carboxylic acids is 1. The number of nitrogens with zero attached hydrogens (tertiary/aromatic N) is 5. The number of benzene rings is 1. The van der Waals surface area contributed by atoms with Crippen LogP contribution in [0.2, 0.25) is 0 Å². The van der Waals surface area contributed by atoms with Gasteiger partial charge in [0.1, 0.15) is 6.54 Å². The topological polar surface area (TPSA) is 75.0 Å². The van der Waals surface area contributed by atoms with E-state index >= 15 is 0 Å². The van der Waals surface area contributed by atoms with Gasteiger partial charge in [0.2, 0.25) is 5.91 Å². The van der Waals surface area contributed by atoms with Gasteiger partial charge in [-0.2, -0.15) is 5.26 Å². The third-order valence-electron chi connectivity index (χ3n) is 4.93. The molecule has 2 fully saturated rings. The fraction of sp³-hybridized carbons (Fsp3) is 0.550. The van der Waals surface area contributed by atoms with Crippen molar-refractivity contribution in [3.05, 3.63) is 35.4 Å². The Balaban J connectivity index is 0.00000280. The van der Waals surface area contributed by atoms with Gasteiger partial charge in [-0.1, -0.05) is 12.1 Å². The molecule has 152 valence electrons. The summed E-state index contributed by atoms with van der Waals surface area (Å²) >= 11 is 0. The molecule has 2 aliphatic rings. The van der Waals surface area contributed by atoms with Crippen molar-refractivity contribution in [2.24, 2.45) is 4.99 Å². The van der Waals surface area contributed by atoms with Gasteiger partial charge in [0.15, 0.2) is 5.96 Å². The number of rotatable bonds is 5. The van der Waals surface area contributed by atoms with E-state index in [-0.39, 0.29) is 36.4 Å². The lowest BCUT2D eigenvalue weighted by Gasteiger charge is -2.36. The molecule has 1 aromatic carbocycles. The quantitative estimate of drug-likeness (QED) is 0.380. The summed E-state index contributed by atoms with van der Waals surface area (Å²) in [5.41, 5.74) is 1.92. The minimum Gasteiger partial charge on any atom is -0.353 e. The number of hydrogen-bond acceptors (Lipinski definition) is 4. The highest BCUT2D eigenvalue weighted by Crippen LogP contribution is 2.19. The maximum atomic E-state index is 11.9.